The molecule has 0 aromatic rings. The first-order chi connectivity index (χ1) is 0. The summed E-state index contributed by atoms with van der Waals surface area (Å²) in [5.74, 6) is 0. The minimum atomic E-state index is 0. The molecule has 0 aliphatic rings. The van der Waals surface area contributed by atoms with Crippen molar-refractivity contribution < 1.29 is 5.48 Å². The molecule has 0 radical (unpaired) electrons. The van der Waals surface area contributed by atoms with Gasteiger partial charge in [-0.15, -0.1) is 0 Å². The Morgan fingerprint density at radius 2 is 1.00 bits per heavy atom. The third-order valence-electron chi connectivity index (χ3n) is 0. The van der Waals surface area contributed by atoms with Gasteiger partial charge in [-0.2, -0.15) is 0 Å². The van der Waals surface area contributed by atoms with Crippen LogP contribution in [0.4, 0.5) is 0 Å². The van der Waals surface area contributed by atoms with Crippen molar-refractivity contribution >= 4 is 68.7 Å². The summed E-state index contributed by atoms with van der Waals surface area (Å²) in [6, 6.07) is 0. The smallest absolute Gasteiger partial charge is 0.870 e. The standard InChI is InChI=1S/Ga.In.Mg.H2O.7H/h;;;1H2;;;;;;;/q;;+1;;;;;;;;/p-1. The van der Waals surface area contributed by atoms with Crippen LogP contribution < -0.4 is 0 Å². The first kappa shape index (κ1) is 34.2. The van der Waals surface area contributed by atoms with Crippen LogP contribution in [0.1, 0.15) is 0 Å². The van der Waals surface area contributed by atoms with Crippen molar-refractivity contribution in [2.45, 2.75) is 0 Å². The van der Waals surface area contributed by atoms with E-state index in [2.05, 4.69) is 0 Å². The van der Waals surface area contributed by atoms with Crippen LogP contribution in [-0.4, -0.2) is 74.2 Å². The fraction of sp³-hybridized carbons (Fsp3) is 0. The Hall–Kier alpha value is 2.23. The van der Waals surface area contributed by atoms with E-state index in [1.54, 1.807) is 0 Å². The van der Waals surface area contributed by atoms with Crippen LogP contribution in [0.3, 0.4) is 0 Å². The van der Waals surface area contributed by atoms with Crippen molar-refractivity contribution in [3.8, 4) is 0 Å². The maximum atomic E-state index is 0. The van der Waals surface area contributed by atoms with E-state index in [-0.39, 0.29) is 74.2 Å². The van der Waals surface area contributed by atoms with Crippen LogP contribution in [0.2, 0.25) is 0 Å². The van der Waals surface area contributed by atoms with E-state index < -0.39 is 0 Å². The van der Waals surface area contributed by atoms with Gasteiger partial charge >= 0.3 is 68.7 Å². The van der Waals surface area contributed by atoms with Crippen molar-refractivity contribution in [2.24, 2.45) is 0 Å². The molecule has 0 rings (SSSR count). The zero-order chi connectivity index (χ0) is 0. The van der Waals surface area contributed by atoms with E-state index in [0.29, 0.717) is 0 Å². The molecule has 0 aliphatic heterocycles. The molecule has 1 N–H and O–H groups in total. The van der Waals surface area contributed by atoms with Gasteiger partial charge in [0.05, 0.1) is 0 Å². The molecule has 0 fully saturated rings. The predicted molar refractivity (Wildman–Crippen MR) is 29.0 cm³/mol. The molecule has 0 spiro atoms. The molecular formula is H8GaInMgO. The van der Waals surface area contributed by atoms with Gasteiger partial charge in [-0.05, 0) is 0 Å². The molecule has 0 saturated carbocycles. The van der Waals surface area contributed by atoms with Gasteiger partial charge < -0.3 is 5.48 Å². The van der Waals surface area contributed by atoms with Crippen molar-refractivity contribution in [3.63, 3.8) is 0 Å². The third-order valence-corrected chi connectivity index (χ3v) is 0. The van der Waals surface area contributed by atoms with Crippen molar-refractivity contribution in [1.82, 2.24) is 0 Å². The maximum absolute atomic E-state index is 0. The minimum Gasteiger partial charge on any atom is -0.870 e. The minimum absolute atomic E-state index is 0. The molecule has 0 saturated heterocycles. The van der Waals surface area contributed by atoms with E-state index >= 15 is 0 Å². The van der Waals surface area contributed by atoms with E-state index in [4.69, 9.17) is 0 Å². The second kappa shape index (κ2) is 18.8. The van der Waals surface area contributed by atoms with Gasteiger partial charge in [0.2, 0.25) is 0 Å². The Kier molecular flexibility index (Phi) is 161. The molecule has 0 aromatic carbocycles. The molecule has 22 valence electrons. The van der Waals surface area contributed by atoms with Crippen LogP contribution >= 0.6 is 0 Å². The second-order valence-corrected chi connectivity index (χ2v) is 0. The second-order valence-electron chi connectivity index (χ2n) is 0. The summed E-state index contributed by atoms with van der Waals surface area (Å²) in [6.45, 7) is 0. The zero-order valence-electron chi connectivity index (χ0n) is 1.45. The number of rotatable bonds is 0. The van der Waals surface area contributed by atoms with Gasteiger partial charge in [0.15, 0.2) is 0 Å². The average Bonchev–Trinajstić information content (AvgIpc) is 0. The Bertz CT molecular complexity index is 8.00. The van der Waals surface area contributed by atoms with Gasteiger partial charge in [0, 0.05) is 0 Å². The van der Waals surface area contributed by atoms with E-state index in [9.17, 15) is 0 Å². The summed E-state index contributed by atoms with van der Waals surface area (Å²) in [4.78, 5) is 0. The predicted octanol–water partition coefficient (Wildman–Crippen LogP) is -3.19. The number of hydrogen-bond acceptors (Lipinski definition) is 1. The van der Waals surface area contributed by atoms with Crippen molar-refractivity contribution in [2.75, 3.05) is 0 Å². The molecule has 0 heterocycles. The first-order valence-corrected chi connectivity index (χ1v) is 0. The van der Waals surface area contributed by atoms with Crippen LogP contribution in [0.15, 0.2) is 0 Å². The summed E-state index contributed by atoms with van der Waals surface area (Å²) in [5, 5.41) is 0. The van der Waals surface area contributed by atoms with E-state index in [0.717, 1.165) is 0 Å². The van der Waals surface area contributed by atoms with Gasteiger partial charge in [0.1, 0.15) is 0 Å². The monoisotopic (exact) mass is 232 g/mol. The van der Waals surface area contributed by atoms with Crippen LogP contribution in [0, 0.1) is 0 Å². The van der Waals surface area contributed by atoms with Gasteiger partial charge in [-0.1, -0.05) is 0 Å². The Balaban J connectivity index is 0. The largest absolute Gasteiger partial charge is 0.870 e. The molecule has 0 bridgehead atoms. The van der Waals surface area contributed by atoms with Crippen molar-refractivity contribution in [1.29, 1.82) is 0 Å². The third kappa shape index (κ3) is 8.87. The summed E-state index contributed by atoms with van der Waals surface area (Å²) in [6.07, 6.45) is 0. The molecular weight excluding hydrogens is 225 g/mol. The summed E-state index contributed by atoms with van der Waals surface area (Å²) < 4.78 is 0. The summed E-state index contributed by atoms with van der Waals surface area (Å²) in [7, 11) is 0. The molecule has 0 aliphatic carbocycles. The molecule has 0 unspecified atom stereocenters. The fourth-order valence-electron chi connectivity index (χ4n) is 0. The molecule has 0 aromatic heterocycles. The van der Waals surface area contributed by atoms with Crippen molar-refractivity contribution in [3.05, 3.63) is 0 Å². The Morgan fingerprint density at radius 1 is 1.00 bits per heavy atom. The van der Waals surface area contributed by atoms with E-state index in [1.807, 2.05) is 0 Å². The van der Waals surface area contributed by atoms with E-state index in [1.165, 1.54) is 0 Å². The first-order valence-electron chi connectivity index (χ1n) is 0. The quantitative estimate of drug-likeness (QED) is 0.405. The molecule has 0 amide bonds. The van der Waals surface area contributed by atoms with Gasteiger partial charge in [-0.25, -0.2) is 0 Å². The molecule has 0 atom stereocenters. The molecule has 4 heteroatoms. The molecule has 4 heavy (non-hydrogen) atoms. The SMILES string of the molecule is [GaH3].[InH3].[MgH+].[OH-]. The summed E-state index contributed by atoms with van der Waals surface area (Å²) in [5.41, 5.74) is 0. The Labute approximate surface area is 73.2 Å². The topological polar surface area (TPSA) is 30.0 Å². The zero-order valence-corrected chi connectivity index (χ0v) is 3.45. The van der Waals surface area contributed by atoms with Crippen LogP contribution in [0.5, 0.6) is 0 Å². The fourth-order valence-corrected chi connectivity index (χ4v) is 0. The van der Waals surface area contributed by atoms with Gasteiger partial charge in [-0.3, -0.25) is 0 Å². The Morgan fingerprint density at radius 3 is 1.00 bits per heavy atom. The number of hydrogen-bond donors (Lipinski definition) is 0. The maximum Gasteiger partial charge on any atom is -0.870 e. The molecule has 1 nitrogen and oxygen atoms in total. The average molecular weight is 233 g/mol. The van der Waals surface area contributed by atoms with Crippen LogP contribution in [0.25, 0.3) is 0 Å². The van der Waals surface area contributed by atoms with Gasteiger partial charge in [0.25, 0.3) is 0 Å². The van der Waals surface area contributed by atoms with Crippen LogP contribution in [-0.2, 0) is 0 Å². The summed E-state index contributed by atoms with van der Waals surface area (Å²) >= 11 is 0. The normalized spacial score (nSPS) is 0.